The Hall–Kier alpha value is -1.75. The average molecular weight is 312 g/mol. The van der Waals surface area contributed by atoms with Gasteiger partial charge in [0.25, 0.3) is 5.91 Å². The van der Waals surface area contributed by atoms with Gasteiger partial charge in [-0.3, -0.25) is 9.59 Å². The highest BCUT2D eigenvalue weighted by Gasteiger charge is 2.28. The standard InChI is InChI=1S/C15H18ClNO4/c16-11-4-6-13(7-5-11)21-10-14(18)17-8-2-1-3-12(17)9-15(19)20/h4-7,12H,1-3,8-10H2,(H,19,20). The van der Waals surface area contributed by atoms with Gasteiger partial charge in [0.1, 0.15) is 5.75 Å². The zero-order valence-corrected chi connectivity index (χ0v) is 12.4. The second-order valence-electron chi connectivity index (χ2n) is 5.08. The highest BCUT2D eigenvalue weighted by Crippen LogP contribution is 2.21. The monoisotopic (exact) mass is 311 g/mol. The largest absolute Gasteiger partial charge is 0.484 e. The zero-order chi connectivity index (χ0) is 15.2. The number of carboxylic acid groups (broad SMARTS) is 1. The molecule has 114 valence electrons. The van der Waals surface area contributed by atoms with E-state index in [0.717, 1.165) is 19.3 Å². The smallest absolute Gasteiger partial charge is 0.305 e. The number of aliphatic carboxylic acids is 1. The predicted octanol–water partition coefficient (Wildman–Crippen LogP) is 2.57. The second kappa shape index (κ2) is 7.31. The van der Waals surface area contributed by atoms with Gasteiger partial charge in [-0.15, -0.1) is 0 Å². The van der Waals surface area contributed by atoms with Gasteiger partial charge in [0, 0.05) is 17.6 Å². The molecule has 0 radical (unpaired) electrons. The van der Waals surface area contributed by atoms with Gasteiger partial charge in [-0.05, 0) is 43.5 Å². The molecule has 2 rings (SSSR count). The van der Waals surface area contributed by atoms with Crippen LogP contribution in [0.3, 0.4) is 0 Å². The van der Waals surface area contributed by atoms with Gasteiger partial charge in [-0.1, -0.05) is 11.6 Å². The summed E-state index contributed by atoms with van der Waals surface area (Å²) in [4.78, 5) is 24.7. The molecule has 0 aliphatic carbocycles. The molecule has 0 saturated carbocycles. The van der Waals surface area contributed by atoms with Crippen molar-refractivity contribution in [3.63, 3.8) is 0 Å². The third-order valence-electron chi connectivity index (χ3n) is 3.53. The molecule has 6 heteroatoms. The van der Waals surface area contributed by atoms with E-state index < -0.39 is 5.97 Å². The van der Waals surface area contributed by atoms with E-state index in [4.69, 9.17) is 21.4 Å². The summed E-state index contributed by atoms with van der Waals surface area (Å²) in [7, 11) is 0. The lowest BCUT2D eigenvalue weighted by atomic mass is 9.99. The fourth-order valence-corrected chi connectivity index (χ4v) is 2.63. The maximum absolute atomic E-state index is 12.2. The summed E-state index contributed by atoms with van der Waals surface area (Å²) in [6, 6.07) is 6.55. The molecule has 1 aromatic rings. The maximum atomic E-state index is 12.2. The molecular weight excluding hydrogens is 294 g/mol. The first-order valence-electron chi connectivity index (χ1n) is 6.96. The Labute approximate surface area is 128 Å². The van der Waals surface area contributed by atoms with Crippen LogP contribution in [0.2, 0.25) is 5.02 Å². The first-order chi connectivity index (χ1) is 10.1. The first kappa shape index (κ1) is 15.6. The van der Waals surface area contributed by atoms with Crippen molar-refractivity contribution in [1.82, 2.24) is 4.90 Å². The summed E-state index contributed by atoms with van der Waals surface area (Å²) in [5, 5.41) is 9.52. The van der Waals surface area contributed by atoms with Crippen LogP contribution in [-0.4, -0.2) is 41.1 Å². The second-order valence-corrected chi connectivity index (χ2v) is 5.51. The van der Waals surface area contributed by atoms with Crippen LogP contribution in [0.25, 0.3) is 0 Å². The van der Waals surface area contributed by atoms with E-state index in [0.29, 0.717) is 17.3 Å². The minimum atomic E-state index is -0.877. The Bertz CT molecular complexity index is 503. The summed E-state index contributed by atoms with van der Waals surface area (Å²) >= 11 is 5.78. The third-order valence-corrected chi connectivity index (χ3v) is 3.79. The normalized spacial score (nSPS) is 18.3. The highest BCUT2D eigenvalue weighted by molar-refractivity contribution is 6.30. The van der Waals surface area contributed by atoms with Gasteiger partial charge in [0.05, 0.1) is 6.42 Å². The van der Waals surface area contributed by atoms with E-state index in [1.165, 1.54) is 0 Å². The summed E-state index contributed by atoms with van der Waals surface area (Å²) < 4.78 is 5.43. The minimum absolute atomic E-state index is 0.00726. The van der Waals surface area contributed by atoms with Crippen LogP contribution in [-0.2, 0) is 9.59 Å². The molecule has 5 nitrogen and oxygen atoms in total. The summed E-state index contributed by atoms with van der Waals surface area (Å²) in [5.41, 5.74) is 0. The fraction of sp³-hybridized carbons (Fsp3) is 0.467. The molecule has 0 spiro atoms. The van der Waals surface area contributed by atoms with E-state index in [-0.39, 0.29) is 25.0 Å². The van der Waals surface area contributed by atoms with E-state index >= 15 is 0 Å². The Kier molecular flexibility index (Phi) is 5.44. The van der Waals surface area contributed by atoms with Crippen LogP contribution in [0.1, 0.15) is 25.7 Å². The van der Waals surface area contributed by atoms with E-state index in [9.17, 15) is 9.59 Å². The molecule has 0 bridgehead atoms. The molecule has 1 heterocycles. The number of nitrogens with zero attached hydrogens (tertiary/aromatic N) is 1. The molecule has 1 atom stereocenters. The van der Waals surface area contributed by atoms with E-state index in [1.54, 1.807) is 29.2 Å². The van der Waals surface area contributed by atoms with Gasteiger partial charge in [0.15, 0.2) is 6.61 Å². The molecule has 1 fully saturated rings. The van der Waals surface area contributed by atoms with Gasteiger partial charge in [-0.25, -0.2) is 0 Å². The van der Waals surface area contributed by atoms with Crippen LogP contribution in [0.5, 0.6) is 5.75 Å². The SMILES string of the molecule is O=C(O)CC1CCCCN1C(=O)COc1ccc(Cl)cc1. The van der Waals surface area contributed by atoms with Crippen molar-refractivity contribution in [2.45, 2.75) is 31.7 Å². The lowest BCUT2D eigenvalue weighted by molar-refractivity contribution is -0.142. The van der Waals surface area contributed by atoms with Gasteiger partial charge >= 0.3 is 5.97 Å². The lowest BCUT2D eigenvalue weighted by Gasteiger charge is -2.34. The number of hydrogen-bond acceptors (Lipinski definition) is 3. The highest BCUT2D eigenvalue weighted by atomic mass is 35.5. The lowest BCUT2D eigenvalue weighted by Crippen LogP contribution is -2.46. The number of carbonyl (C=O) groups is 2. The number of amides is 1. The topological polar surface area (TPSA) is 66.8 Å². The number of halogens is 1. The predicted molar refractivity (Wildman–Crippen MR) is 78.6 cm³/mol. The zero-order valence-electron chi connectivity index (χ0n) is 11.6. The third kappa shape index (κ3) is 4.63. The number of piperidine rings is 1. The van der Waals surface area contributed by atoms with Crippen molar-refractivity contribution in [3.05, 3.63) is 29.3 Å². The summed E-state index contributed by atoms with van der Waals surface area (Å²) in [6.07, 6.45) is 2.59. The van der Waals surface area contributed by atoms with Crippen molar-refractivity contribution in [2.75, 3.05) is 13.2 Å². The van der Waals surface area contributed by atoms with E-state index in [1.807, 2.05) is 0 Å². The molecule has 1 amide bonds. The molecule has 1 aliphatic heterocycles. The number of likely N-dealkylation sites (tertiary alicyclic amines) is 1. The van der Waals surface area contributed by atoms with Crippen LogP contribution in [0.15, 0.2) is 24.3 Å². The van der Waals surface area contributed by atoms with Crippen molar-refractivity contribution < 1.29 is 19.4 Å². The number of rotatable bonds is 5. The number of benzene rings is 1. The van der Waals surface area contributed by atoms with Crippen molar-refractivity contribution in [2.24, 2.45) is 0 Å². The summed E-state index contributed by atoms with van der Waals surface area (Å²) in [5.74, 6) is -0.478. The van der Waals surface area contributed by atoms with Gasteiger partial charge in [-0.2, -0.15) is 0 Å². The Balaban J connectivity index is 1.91. The molecule has 1 N–H and O–H groups in total. The minimum Gasteiger partial charge on any atom is -0.484 e. The summed E-state index contributed by atoms with van der Waals surface area (Å²) in [6.45, 7) is 0.512. The Morgan fingerprint density at radius 3 is 2.67 bits per heavy atom. The molecule has 0 aromatic heterocycles. The Morgan fingerprint density at radius 2 is 2.00 bits per heavy atom. The van der Waals surface area contributed by atoms with Crippen LogP contribution < -0.4 is 4.74 Å². The van der Waals surface area contributed by atoms with Crippen molar-refractivity contribution in [1.29, 1.82) is 0 Å². The first-order valence-corrected chi connectivity index (χ1v) is 7.33. The van der Waals surface area contributed by atoms with Gasteiger partial charge in [0.2, 0.25) is 0 Å². The fourth-order valence-electron chi connectivity index (χ4n) is 2.50. The van der Waals surface area contributed by atoms with Crippen LogP contribution >= 0.6 is 11.6 Å². The maximum Gasteiger partial charge on any atom is 0.305 e. The number of hydrogen-bond donors (Lipinski definition) is 1. The number of carbonyl (C=O) groups excluding carboxylic acids is 1. The molecule has 21 heavy (non-hydrogen) atoms. The quantitative estimate of drug-likeness (QED) is 0.907. The molecule has 1 aliphatic rings. The van der Waals surface area contributed by atoms with Crippen molar-refractivity contribution in [3.8, 4) is 5.75 Å². The number of ether oxygens (including phenoxy) is 1. The molecule has 1 unspecified atom stereocenters. The number of carboxylic acids is 1. The van der Waals surface area contributed by atoms with Crippen LogP contribution in [0, 0.1) is 0 Å². The van der Waals surface area contributed by atoms with Gasteiger partial charge < -0.3 is 14.7 Å². The Morgan fingerprint density at radius 1 is 1.29 bits per heavy atom. The molecule has 1 aromatic carbocycles. The van der Waals surface area contributed by atoms with Crippen molar-refractivity contribution >= 4 is 23.5 Å². The van der Waals surface area contributed by atoms with Crippen LogP contribution in [0.4, 0.5) is 0 Å². The van der Waals surface area contributed by atoms with E-state index in [2.05, 4.69) is 0 Å². The average Bonchev–Trinajstić information content (AvgIpc) is 2.46. The molecular formula is C15H18ClNO4. The molecule has 1 saturated heterocycles.